The van der Waals surface area contributed by atoms with Crippen LogP contribution in [0.2, 0.25) is 0 Å². The quantitative estimate of drug-likeness (QED) is 0.492. The Hall–Kier alpha value is -1.15. The molecule has 4 N–H and O–H groups in total. The third kappa shape index (κ3) is 4.75. The van der Waals surface area contributed by atoms with Crippen molar-refractivity contribution >= 4 is 15.7 Å². The minimum absolute atomic E-state index is 0.146. The molecule has 0 aliphatic carbocycles. The minimum atomic E-state index is -3.49. The number of sulfonamides is 1. The summed E-state index contributed by atoms with van der Waals surface area (Å²) in [6.07, 6.45) is 0. The summed E-state index contributed by atoms with van der Waals surface area (Å²) in [7, 11) is -3.49. The highest BCUT2D eigenvalue weighted by Gasteiger charge is 2.18. The van der Waals surface area contributed by atoms with Crippen LogP contribution < -0.4 is 16.0 Å². The predicted molar refractivity (Wildman–Crippen MR) is 81.8 cm³/mol. The molecule has 0 amide bonds. The molecule has 1 aromatic rings. The van der Waals surface area contributed by atoms with Gasteiger partial charge in [-0.1, -0.05) is 13.8 Å². The van der Waals surface area contributed by atoms with Crippen molar-refractivity contribution in [3.05, 3.63) is 24.3 Å². The molecule has 20 heavy (non-hydrogen) atoms. The molecule has 114 valence electrons. The van der Waals surface area contributed by atoms with Crippen molar-refractivity contribution in [1.82, 2.24) is 9.62 Å². The van der Waals surface area contributed by atoms with Gasteiger partial charge in [0.1, 0.15) is 0 Å². The third-order valence-corrected chi connectivity index (χ3v) is 4.72. The first-order valence-electron chi connectivity index (χ1n) is 6.74. The molecule has 1 rings (SSSR count). The number of rotatable bonds is 8. The van der Waals surface area contributed by atoms with Gasteiger partial charge in [0.2, 0.25) is 10.0 Å². The maximum atomic E-state index is 12.2. The Bertz CT molecular complexity index is 498. The zero-order valence-corrected chi connectivity index (χ0v) is 13.1. The maximum Gasteiger partial charge on any atom is 0.240 e. The Balaban J connectivity index is 2.73. The molecule has 0 aliphatic rings. The van der Waals surface area contributed by atoms with E-state index in [-0.39, 0.29) is 10.9 Å². The number of nitrogens with one attached hydrogen (secondary N) is 2. The lowest BCUT2D eigenvalue weighted by molar-refractivity contribution is 0.282. The Labute approximate surface area is 121 Å². The molecule has 0 aromatic heterocycles. The number of hydrazine groups is 1. The predicted octanol–water partition coefficient (Wildman–Crippen LogP) is 0.981. The molecule has 1 atom stereocenters. The fourth-order valence-corrected chi connectivity index (χ4v) is 3.20. The van der Waals surface area contributed by atoms with E-state index < -0.39 is 10.0 Å². The minimum Gasteiger partial charge on any atom is -0.324 e. The molecule has 0 spiro atoms. The lowest BCUT2D eigenvalue weighted by atomic mass is 10.3. The van der Waals surface area contributed by atoms with Crippen molar-refractivity contribution in [3.63, 3.8) is 0 Å². The Morgan fingerprint density at radius 3 is 2.20 bits per heavy atom. The normalized spacial score (nSPS) is 13.4. The summed E-state index contributed by atoms with van der Waals surface area (Å²) in [4.78, 5) is 2.41. The van der Waals surface area contributed by atoms with Crippen LogP contribution in [0, 0.1) is 0 Å². The van der Waals surface area contributed by atoms with E-state index in [1.54, 1.807) is 12.1 Å². The van der Waals surface area contributed by atoms with Crippen LogP contribution in [0.1, 0.15) is 20.8 Å². The number of hydrogen-bond donors (Lipinski definition) is 3. The van der Waals surface area contributed by atoms with Crippen molar-refractivity contribution in [3.8, 4) is 0 Å². The summed E-state index contributed by atoms with van der Waals surface area (Å²) >= 11 is 0. The van der Waals surface area contributed by atoms with E-state index in [0.29, 0.717) is 12.2 Å². The Morgan fingerprint density at radius 1 is 1.20 bits per heavy atom. The van der Waals surface area contributed by atoms with Crippen LogP contribution >= 0.6 is 0 Å². The monoisotopic (exact) mass is 300 g/mol. The van der Waals surface area contributed by atoms with Gasteiger partial charge in [0, 0.05) is 18.3 Å². The summed E-state index contributed by atoms with van der Waals surface area (Å²) in [5.74, 6) is 5.25. The number of nitrogen functional groups attached to an aromatic ring is 1. The van der Waals surface area contributed by atoms with Gasteiger partial charge >= 0.3 is 0 Å². The third-order valence-electron chi connectivity index (χ3n) is 3.11. The van der Waals surface area contributed by atoms with Crippen LogP contribution in [-0.2, 0) is 10.0 Å². The molecule has 0 bridgehead atoms. The van der Waals surface area contributed by atoms with E-state index in [4.69, 9.17) is 5.84 Å². The summed E-state index contributed by atoms with van der Waals surface area (Å²) < 4.78 is 27.1. The van der Waals surface area contributed by atoms with Gasteiger partial charge in [-0.2, -0.15) is 0 Å². The van der Waals surface area contributed by atoms with Crippen LogP contribution in [0.3, 0.4) is 0 Å². The molecule has 7 heteroatoms. The number of likely N-dealkylation sites (N-methyl/N-ethyl adjacent to an activating group) is 1. The molecule has 0 fully saturated rings. The average molecular weight is 300 g/mol. The lowest BCUT2D eigenvalue weighted by Crippen LogP contribution is -2.41. The van der Waals surface area contributed by atoms with Crippen LogP contribution in [0.15, 0.2) is 29.2 Å². The van der Waals surface area contributed by atoms with Crippen molar-refractivity contribution in [1.29, 1.82) is 0 Å². The average Bonchev–Trinajstić information content (AvgIpc) is 2.44. The Kier molecular flexibility index (Phi) is 6.41. The van der Waals surface area contributed by atoms with E-state index in [9.17, 15) is 8.42 Å². The number of nitrogens with zero attached hydrogens (tertiary/aromatic N) is 1. The van der Waals surface area contributed by atoms with Gasteiger partial charge in [0.25, 0.3) is 0 Å². The van der Waals surface area contributed by atoms with Gasteiger partial charge in [-0.15, -0.1) is 0 Å². The van der Waals surface area contributed by atoms with E-state index in [2.05, 4.69) is 28.9 Å². The molecule has 0 heterocycles. The van der Waals surface area contributed by atoms with Crippen LogP contribution in [0.25, 0.3) is 0 Å². The second kappa shape index (κ2) is 7.58. The summed E-state index contributed by atoms with van der Waals surface area (Å²) in [5.41, 5.74) is 3.13. The fraction of sp³-hybridized carbons (Fsp3) is 0.538. The van der Waals surface area contributed by atoms with Crippen molar-refractivity contribution < 1.29 is 8.42 Å². The molecular weight excluding hydrogens is 276 g/mol. The summed E-state index contributed by atoms with van der Waals surface area (Å²) in [5, 5.41) is 0. The fourth-order valence-electron chi connectivity index (χ4n) is 1.97. The van der Waals surface area contributed by atoms with Crippen LogP contribution in [0.4, 0.5) is 5.69 Å². The molecule has 0 saturated heterocycles. The maximum absolute atomic E-state index is 12.2. The number of nitrogens with two attached hydrogens (primary N) is 1. The molecule has 6 nitrogen and oxygen atoms in total. The Morgan fingerprint density at radius 2 is 1.75 bits per heavy atom. The molecule has 1 unspecified atom stereocenters. The van der Waals surface area contributed by atoms with E-state index in [1.165, 1.54) is 12.1 Å². The molecule has 0 saturated carbocycles. The number of benzene rings is 1. The van der Waals surface area contributed by atoms with E-state index in [1.807, 2.05) is 6.92 Å². The van der Waals surface area contributed by atoms with Crippen molar-refractivity contribution in [2.75, 3.05) is 25.1 Å². The summed E-state index contributed by atoms with van der Waals surface area (Å²) in [6.45, 7) is 8.48. The molecule has 0 radical (unpaired) electrons. The van der Waals surface area contributed by atoms with Crippen LogP contribution in [0.5, 0.6) is 0 Å². The highest BCUT2D eigenvalue weighted by Crippen LogP contribution is 2.13. The highest BCUT2D eigenvalue weighted by molar-refractivity contribution is 7.89. The van der Waals surface area contributed by atoms with Crippen molar-refractivity contribution in [2.45, 2.75) is 31.7 Å². The van der Waals surface area contributed by atoms with Gasteiger partial charge in [-0.3, -0.25) is 5.84 Å². The van der Waals surface area contributed by atoms with Gasteiger partial charge in [-0.05, 0) is 44.3 Å². The van der Waals surface area contributed by atoms with Gasteiger partial charge in [0.05, 0.1) is 4.90 Å². The standard InChI is InChI=1S/C13H24N4O2S/c1-4-17(5-2)10-11(3)16-20(18,19)13-8-6-12(15-14)7-9-13/h6-9,11,15-16H,4-5,10,14H2,1-3H3. The highest BCUT2D eigenvalue weighted by atomic mass is 32.2. The lowest BCUT2D eigenvalue weighted by Gasteiger charge is -2.23. The summed E-state index contributed by atoms with van der Waals surface area (Å²) in [6, 6.07) is 6.17. The first kappa shape index (κ1) is 16.9. The molecule has 0 aliphatic heterocycles. The topological polar surface area (TPSA) is 87.5 Å². The number of hydrogen-bond acceptors (Lipinski definition) is 5. The smallest absolute Gasteiger partial charge is 0.240 e. The first-order valence-corrected chi connectivity index (χ1v) is 8.22. The first-order chi connectivity index (χ1) is 9.42. The second-order valence-corrected chi connectivity index (χ2v) is 6.39. The molecular formula is C13H24N4O2S. The molecule has 1 aromatic carbocycles. The van der Waals surface area contributed by atoms with Gasteiger partial charge in [0.15, 0.2) is 0 Å². The van der Waals surface area contributed by atoms with E-state index >= 15 is 0 Å². The van der Waals surface area contributed by atoms with Gasteiger partial charge < -0.3 is 10.3 Å². The van der Waals surface area contributed by atoms with E-state index in [0.717, 1.165) is 13.1 Å². The zero-order valence-electron chi connectivity index (χ0n) is 12.3. The number of anilines is 1. The largest absolute Gasteiger partial charge is 0.324 e. The van der Waals surface area contributed by atoms with Gasteiger partial charge in [-0.25, -0.2) is 13.1 Å². The van der Waals surface area contributed by atoms with Crippen LogP contribution in [-0.4, -0.2) is 39.0 Å². The second-order valence-electron chi connectivity index (χ2n) is 4.68. The zero-order chi connectivity index (χ0) is 15.2. The SMILES string of the molecule is CCN(CC)CC(C)NS(=O)(=O)c1ccc(NN)cc1. The van der Waals surface area contributed by atoms with Crippen molar-refractivity contribution in [2.24, 2.45) is 5.84 Å².